The van der Waals surface area contributed by atoms with E-state index < -0.39 is 26.2 Å². The van der Waals surface area contributed by atoms with Crippen molar-refractivity contribution in [1.82, 2.24) is 0 Å². The lowest BCUT2D eigenvalue weighted by atomic mass is 9.79. The van der Waals surface area contributed by atoms with Crippen molar-refractivity contribution in [1.29, 1.82) is 0 Å². The molecule has 5 nitrogen and oxygen atoms in total. The Morgan fingerprint density at radius 3 is 2.21 bits per heavy atom. The molecular formula is C23H44O5Si. The van der Waals surface area contributed by atoms with Gasteiger partial charge in [0.2, 0.25) is 0 Å². The van der Waals surface area contributed by atoms with Crippen molar-refractivity contribution in [3.63, 3.8) is 0 Å². The van der Waals surface area contributed by atoms with Gasteiger partial charge >= 0.3 is 5.97 Å². The van der Waals surface area contributed by atoms with Crippen LogP contribution in [-0.4, -0.2) is 43.5 Å². The topological polar surface area (TPSA) is 65.0 Å². The maximum Gasteiger partial charge on any atom is 0.305 e. The van der Waals surface area contributed by atoms with E-state index in [1.54, 1.807) is 0 Å². The van der Waals surface area contributed by atoms with Gasteiger partial charge in [-0.15, -0.1) is 6.58 Å². The molecule has 0 saturated carbocycles. The van der Waals surface area contributed by atoms with E-state index in [1.807, 2.05) is 19.9 Å². The molecule has 1 aliphatic rings. The Labute approximate surface area is 179 Å². The number of aliphatic carboxylic acids is 1. The largest absolute Gasteiger partial charge is 0.481 e. The van der Waals surface area contributed by atoms with E-state index in [0.717, 1.165) is 6.42 Å². The Bertz CT molecular complexity index is 566. The SMILES string of the molecule is C=CC[C@H](C)[C@H]1OC(C)(C)O[C@@H]([C@@H](C)[C@@H](CC(=O)O)O[Si](C)(C)C(C)(C)C)[C@H]1C. The fraction of sp³-hybridized carbons (Fsp3) is 0.870. The van der Waals surface area contributed by atoms with E-state index in [4.69, 9.17) is 13.9 Å². The summed E-state index contributed by atoms with van der Waals surface area (Å²) in [5, 5.41) is 9.57. The number of hydrogen-bond donors (Lipinski definition) is 1. The van der Waals surface area contributed by atoms with Crippen molar-refractivity contribution in [2.45, 2.75) is 110 Å². The molecule has 0 aromatic rings. The summed E-state index contributed by atoms with van der Waals surface area (Å²) in [4.78, 5) is 11.7. The molecule has 1 heterocycles. The highest BCUT2D eigenvalue weighted by atomic mass is 28.4. The smallest absolute Gasteiger partial charge is 0.305 e. The minimum atomic E-state index is -2.13. The zero-order chi connectivity index (χ0) is 22.8. The second-order valence-electron chi connectivity index (χ2n) is 10.8. The third kappa shape index (κ3) is 6.91. The first kappa shape index (κ1) is 26.3. The lowest BCUT2D eigenvalue weighted by molar-refractivity contribution is -0.337. The average Bonchev–Trinajstić information content (AvgIpc) is 2.53. The van der Waals surface area contributed by atoms with Crippen molar-refractivity contribution in [3.8, 4) is 0 Å². The van der Waals surface area contributed by atoms with Crippen LogP contribution in [0.3, 0.4) is 0 Å². The average molecular weight is 429 g/mol. The molecule has 1 N–H and O–H groups in total. The predicted molar refractivity (Wildman–Crippen MR) is 120 cm³/mol. The summed E-state index contributed by atoms with van der Waals surface area (Å²) in [5.74, 6) is -1.21. The van der Waals surface area contributed by atoms with Crippen molar-refractivity contribution in [2.24, 2.45) is 17.8 Å². The fourth-order valence-electron chi connectivity index (χ4n) is 3.98. The zero-order valence-corrected chi connectivity index (χ0v) is 21.2. The molecule has 0 aliphatic carbocycles. The Morgan fingerprint density at radius 2 is 1.76 bits per heavy atom. The van der Waals surface area contributed by atoms with Crippen LogP contribution in [0.2, 0.25) is 18.1 Å². The lowest BCUT2D eigenvalue weighted by Gasteiger charge is -2.50. The Hall–Kier alpha value is -0.693. The third-order valence-electron chi connectivity index (χ3n) is 6.71. The monoisotopic (exact) mass is 428 g/mol. The van der Waals surface area contributed by atoms with Crippen LogP contribution in [-0.2, 0) is 18.7 Å². The highest BCUT2D eigenvalue weighted by Gasteiger charge is 2.48. The number of carboxylic acids is 1. The van der Waals surface area contributed by atoms with E-state index in [9.17, 15) is 9.90 Å². The molecule has 170 valence electrons. The minimum Gasteiger partial charge on any atom is -0.481 e. The second kappa shape index (κ2) is 9.63. The number of rotatable bonds is 9. The molecule has 0 aromatic heterocycles. The molecule has 0 aromatic carbocycles. The third-order valence-corrected chi connectivity index (χ3v) is 11.2. The number of ether oxygens (including phenoxy) is 2. The normalized spacial score (nSPS) is 28.4. The zero-order valence-electron chi connectivity index (χ0n) is 20.2. The van der Waals surface area contributed by atoms with Crippen LogP contribution < -0.4 is 0 Å². The van der Waals surface area contributed by atoms with Gasteiger partial charge < -0.3 is 19.0 Å². The first-order chi connectivity index (χ1) is 13.0. The van der Waals surface area contributed by atoms with Gasteiger partial charge in [-0.05, 0) is 44.3 Å². The van der Waals surface area contributed by atoms with Gasteiger partial charge in [-0.1, -0.05) is 47.6 Å². The summed E-state index contributed by atoms with van der Waals surface area (Å²) < 4.78 is 19.3. The van der Waals surface area contributed by atoms with Crippen LogP contribution in [0.5, 0.6) is 0 Å². The highest BCUT2D eigenvalue weighted by Crippen LogP contribution is 2.42. The molecule has 6 heteroatoms. The number of carboxylic acid groups (broad SMARTS) is 1. The second-order valence-corrected chi connectivity index (χ2v) is 15.6. The van der Waals surface area contributed by atoms with E-state index >= 15 is 0 Å². The highest BCUT2D eigenvalue weighted by molar-refractivity contribution is 6.74. The van der Waals surface area contributed by atoms with Crippen LogP contribution in [0.25, 0.3) is 0 Å². The molecular weight excluding hydrogens is 384 g/mol. The van der Waals surface area contributed by atoms with Crippen LogP contribution in [0, 0.1) is 17.8 Å². The van der Waals surface area contributed by atoms with Crippen molar-refractivity contribution >= 4 is 14.3 Å². The maximum atomic E-state index is 11.7. The molecule has 6 atom stereocenters. The van der Waals surface area contributed by atoms with E-state index in [-0.39, 0.29) is 35.5 Å². The lowest BCUT2D eigenvalue weighted by Crippen LogP contribution is -2.57. The van der Waals surface area contributed by atoms with Crippen molar-refractivity contribution in [2.75, 3.05) is 0 Å². The van der Waals surface area contributed by atoms with Crippen molar-refractivity contribution < 1.29 is 23.8 Å². The molecule has 1 fully saturated rings. The van der Waals surface area contributed by atoms with E-state index in [2.05, 4.69) is 61.2 Å². The Kier molecular flexibility index (Phi) is 8.74. The van der Waals surface area contributed by atoms with Gasteiger partial charge in [-0.3, -0.25) is 4.79 Å². The predicted octanol–water partition coefficient (Wildman–Crippen LogP) is 5.86. The molecule has 1 rings (SSSR count). The molecule has 0 amide bonds. The summed E-state index contributed by atoms with van der Waals surface area (Å²) >= 11 is 0. The molecule has 0 unspecified atom stereocenters. The van der Waals surface area contributed by atoms with Gasteiger partial charge in [0, 0.05) is 11.8 Å². The molecule has 29 heavy (non-hydrogen) atoms. The van der Waals surface area contributed by atoms with Crippen LogP contribution in [0.15, 0.2) is 12.7 Å². The van der Waals surface area contributed by atoms with E-state index in [0.29, 0.717) is 5.92 Å². The van der Waals surface area contributed by atoms with Gasteiger partial charge in [0.25, 0.3) is 0 Å². The summed E-state index contributed by atoms with van der Waals surface area (Å²) in [5.41, 5.74) is 0. The van der Waals surface area contributed by atoms with Crippen molar-refractivity contribution in [3.05, 3.63) is 12.7 Å². The quantitative estimate of drug-likeness (QED) is 0.368. The molecule has 0 spiro atoms. The number of carbonyl (C=O) groups is 1. The van der Waals surface area contributed by atoms with Crippen LogP contribution in [0.4, 0.5) is 0 Å². The van der Waals surface area contributed by atoms with Crippen LogP contribution >= 0.6 is 0 Å². The molecule has 0 radical (unpaired) electrons. The minimum absolute atomic E-state index is 0.00586. The summed E-state index contributed by atoms with van der Waals surface area (Å²) in [7, 11) is -2.13. The van der Waals surface area contributed by atoms with Gasteiger partial charge in [-0.2, -0.15) is 0 Å². The molecule has 0 bridgehead atoms. The Morgan fingerprint density at radius 1 is 1.24 bits per heavy atom. The maximum absolute atomic E-state index is 11.7. The Balaban J connectivity index is 3.19. The summed E-state index contributed by atoms with van der Waals surface area (Å²) in [6.45, 7) is 25.0. The van der Waals surface area contributed by atoms with E-state index in [1.165, 1.54) is 0 Å². The van der Waals surface area contributed by atoms with Gasteiger partial charge in [-0.25, -0.2) is 0 Å². The first-order valence-electron chi connectivity index (χ1n) is 10.9. The molecule has 1 aliphatic heterocycles. The summed E-state index contributed by atoms with van der Waals surface area (Å²) in [6, 6.07) is 0. The van der Waals surface area contributed by atoms with Crippen LogP contribution in [0.1, 0.15) is 68.2 Å². The summed E-state index contributed by atoms with van der Waals surface area (Å²) in [6.07, 6.45) is 2.24. The fourth-order valence-corrected chi connectivity index (χ4v) is 5.38. The van der Waals surface area contributed by atoms with Gasteiger partial charge in [0.05, 0.1) is 24.7 Å². The standard InChI is InChI=1S/C23H44O5Si/c1-12-13-15(2)20-17(4)21(27-23(8,9)26-20)16(3)18(14-19(24)25)28-29(10,11)22(5,6)7/h12,15-18,20-21H,1,13-14H2,2-11H3,(H,24,25)/t15-,16-,17-,18+,20+,21-/m0/s1. The van der Waals surface area contributed by atoms with Gasteiger partial charge in [0.15, 0.2) is 14.1 Å². The van der Waals surface area contributed by atoms with Gasteiger partial charge in [0.1, 0.15) is 0 Å². The first-order valence-corrected chi connectivity index (χ1v) is 13.8. The molecule has 1 saturated heterocycles. The number of allylic oxidation sites excluding steroid dienone is 1. The number of hydrogen-bond acceptors (Lipinski definition) is 4.